The lowest BCUT2D eigenvalue weighted by Crippen LogP contribution is -2.42. The van der Waals surface area contributed by atoms with E-state index in [1.807, 2.05) is 0 Å². The predicted molar refractivity (Wildman–Crippen MR) is 72.8 cm³/mol. The maximum absolute atomic E-state index is 12.3. The third-order valence-corrected chi connectivity index (χ3v) is 3.30. The van der Waals surface area contributed by atoms with Gasteiger partial charge >= 0.3 is 12.1 Å². The zero-order valence-corrected chi connectivity index (χ0v) is 12.3. The maximum atomic E-state index is 12.3. The molecule has 0 spiro atoms. The van der Waals surface area contributed by atoms with Crippen LogP contribution in [0.4, 0.5) is 10.6 Å². The van der Waals surface area contributed by atoms with Crippen LogP contribution in [-0.2, 0) is 25.6 Å². The molecule has 0 radical (unpaired) electrons. The Morgan fingerprint density at radius 1 is 1.36 bits per heavy atom. The standard InChI is InChI=1S/C12H17N5O5/c1-21-11(19)8-4-3-5-17(8)10(18)7-16-6-9(14-15-16)13-12(20)22-2/h6,8H,3-5,7H2,1-2H3,(H,13,20). The van der Waals surface area contributed by atoms with Crippen molar-refractivity contribution in [3.8, 4) is 0 Å². The highest BCUT2D eigenvalue weighted by molar-refractivity contribution is 5.85. The van der Waals surface area contributed by atoms with Gasteiger partial charge in [0, 0.05) is 6.54 Å². The summed E-state index contributed by atoms with van der Waals surface area (Å²) in [7, 11) is 2.52. The van der Waals surface area contributed by atoms with E-state index in [0.29, 0.717) is 13.0 Å². The van der Waals surface area contributed by atoms with Crippen LogP contribution in [0, 0.1) is 0 Å². The average Bonchev–Trinajstić information content (AvgIpc) is 3.15. The summed E-state index contributed by atoms with van der Waals surface area (Å²) in [4.78, 5) is 36.4. The van der Waals surface area contributed by atoms with Crippen LogP contribution in [0.3, 0.4) is 0 Å². The first-order valence-corrected chi connectivity index (χ1v) is 6.67. The number of amides is 2. The quantitative estimate of drug-likeness (QED) is 0.753. The Morgan fingerprint density at radius 2 is 2.14 bits per heavy atom. The molecular weight excluding hydrogens is 294 g/mol. The van der Waals surface area contributed by atoms with E-state index in [1.54, 1.807) is 0 Å². The van der Waals surface area contributed by atoms with Crippen molar-refractivity contribution in [1.82, 2.24) is 19.9 Å². The van der Waals surface area contributed by atoms with Gasteiger partial charge in [-0.3, -0.25) is 10.1 Å². The Bertz CT molecular complexity index is 572. The van der Waals surface area contributed by atoms with Crippen LogP contribution in [0.2, 0.25) is 0 Å². The van der Waals surface area contributed by atoms with Gasteiger partial charge in [-0.15, -0.1) is 5.10 Å². The molecule has 1 saturated heterocycles. The Morgan fingerprint density at radius 3 is 2.82 bits per heavy atom. The van der Waals surface area contributed by atoms with Gasteiger partial charge in [0.15, 0.2) is 5.82 Å². The lowest BCUT2D eigenvalue weighted by Gasteiger charge is -2.22. The fourth-order valence-electron chi connectivity index (χ4n) is 2.26. The number of esters is 1. The molecule has 22 heavy (non-hydrogen) atoms. The molecule has 1 fully saturated rings. The monoisotopic (exact) mass is 311 g/mol. The fourth-order valence-corrected chi connectivity index (χ4v) is 2.26. The maximum Gasteiger partial charge on any atom is 0.412 e. The summed E-state index contributed by atoms with van der Waals surface area (Å²) in [6.45, 7) is 0.421. The van der Waals surface area contributed by atoms with E-state index >= 15 is 0 Å². The molecule has 0 bridgehead atoms. The summed E-state index contributed by atoms with van der Waals surface area (Å²) in [6, 6.07) is -0.548. The highest BCUT2D eigenvalue weighted by Gasteiger charge is 2.34. The largest absolute Gasteiger partial charge is 0.467 e. The number of nitrogens with one attached hydrogen (secondary N) is 1. The number of carbonyl (C=O) groups excluding carboxylic acids is 3. The first-order valence-electron chi connectivity index (χ1n) is 6.67. The van der Waals surface area contributed by atoms with Gasteiger partial charge in [-0.1, -0.05) is 5.21 Å². The van der Waals surface area contributed by atoms with E-state index in [1.165, 1.54) is 30.0 Å². The Kier molecular flexibility index (Phi) is 4.92. The number of ether oxygens (including phenoxy) is 2. The summed E-state index contributed by atoms with van der Waals surface area (Å²) < 4.78 is 10.4. The minimum absolute atomic E-state index is 0.0800. The molecule has 1 atom stereocenters. The normalized spacial score (nSPS) is 17.2. The van der Waals surface area contributed by atoms with Gasteiger partial charge in [-0.05, 0) is 12.8 Å². The lowest BCUT2D eigenvalue weighted by atomic mass is 10.2. The molecule has 0 saturated carbocycles. The Labute approximate surface area is 126 Å². The summed E-state index contributed by atoms with van der Waals surface area (Å²) in [5, 5.41) is 9.77. The van der Waals surface area contributed by atoms with E-state index in [-0.39, 0.29) is 18.3 Å². The highest BCUT2D eigenvalue weighted by Crippen LogP contribution is 2.19. The number of rotatable bonds is 4. The second kappa shape index (κ2) is 6.87. The molecule has 10 heteroatoms. The van der Waals surface area contributed by atoms with Gasteiger partial charge in [0.25, 0.3) is 0 Å². The van der Waals surface area contributed by atoms with Crippen molar-refractivity contribution in [2.24, 2.45) is 0 Å². The van der Waals surface area contributed by atoms with Gasteiger partial charge in [0.1, 0.15) is 12.6 Å². The number of anilines is 1. The molecule has 2 rings (SSSR count). The fraction of sp³-hybridized carbons (Fsp3) is 0.583. The lowest BCUT2D eigenvalue weighted by molar-refractivity contribution is -0.151. The first-order chi connectivity index (χ1) is 10.5. The van der Waals surface area contributed by atoms with Crippen molar-refractivity contribution in [3.63, 3.8) is 0 Å². The van der Waals surface area contributed by atoms with Gasteiger partial charge in [-0.25, -0.2) is 14.3 Å². The van der Waals surface area contributed by atoms with Crippen molar-refractivity contribution in [3.05, 3.63) is 6.20 Å². The number of nitrogens with zero attached hydrogens (tertiary/aromatic N) is 4. The van der Waals surface area contributed by atoms with E-state index in [9.17, 15) is 14.4 Å². The van der Waals surface area contributed by atoms with Crippen LogP contribution in [-0.4, -0.2) is 64.7 Å². The molecule has 0 aliphatic carbocycles. The summed E-state index contributed by atoms with van der Waals surface area (Å²) in [5.41, 5.74) is 0. The number of aromatic nitrogens is 3. The van der Waals surface area contributed by atoms with E-state index in [0.717, 1.165) is 6.42 Å². The molecule has 2 heterocycles. The second-order valence-corrected chi connectivity index (χ2v) is 4.69. The van der Waals surface area contributed by atoms with Crippen LogP contribution in [0.25, 0.3) is 0 Å². The van der Waals surface area contributed by atoms with Crippen molar-refractivity contribution >= 4 is 23.8 Å². The SMILES string of the molecule is COC(=O)Nc1cn(CC(=O)N2CCCC2C(=O)OC)nn1. The molecule has 1 aromatic heterocycles. The van der Waals surface area contributed by atoms with Crippen molar-refractivity contribution in [2.75, 3.05) is 26.1 Å². The smallest absolute Gasteiger partial charge is 0.412 e. The third-order valence-electron chi connectivity index (χ3n) is 3.30. The van der Waals surface area contributed by atoms with Gasteiger partial charge in [0.2, 0.25) is 5.91 Å². The minimum atomic E-state index is -0.677. The number of likely N-dealkylation sites (tertiary alicyclic amines) is 1. The van der Waals surface area contributed by atoms with Crippen LogP contribution in [0.5, 0.6) is 0 Å². The Hall–Kier alpha value is -2.65. The Balaban J connectivity index is 1.97. The third kappa shape index (κ3) is 3.51. The molecule has 10 nitrogen and oxygen atoms in total. The average molecular weight is 311 g/mol. The van der Waals surface area contributed by atoms with Gasteiger partial charge in [0.05, 0.1) is 20.4 Å². The zero-order valence-electron chi connectivity index (χ0n) is 12.3. The van der Waals surface area contributed by atoms with Gasteiger partial charge < -0.3 is 14.4 Å². The number of hydrogen-bond acceptors (Lipinski definition) is 7. The van der Waals surface area contributed by atoms with Crippen LogP contribution in [0.15, 0.2) is 6.20 Å². The molecule has 1 aliphatic heterocycles. The van der Waals surface area contributed by atoms with E-state index < -0.39 is 18.1 Å². The first kappa shape index (κ1) is 15.7. The highest BCUT2D eigenvalue weighted by atomic mass is 16.5. The van der Waals surface area contributed by atoms with Crippen LogP contribution >= 0.6 is 0 Å². The molecule has 120 valence electrons. The molecule has 1 aromatic rings. The summed E-state index contributed by atoms with van der Waals surface area (Å²) in [6.07, 6.45) is 2.06. The molecule has 1 N–H and O–H groups in total. The van der Waals surface area contributed by atoms with Crippen molar-refractivity contribution in [1.29, 1.82) is 0 Å². The van der Waals surface area contributed by atoms with Crippen molar-refractivity contribution < 1.29 is 23.9 Å². The summed E-state index contributed by atoms with van der Waals surface area (Å²) in [5.74, 6) is -0.509. The van der Waals surface area contributed by atoms with Crippen LogP contribution < -0.4 is 5.32 Å². The number of hydrogen-bond donors (Lipinski definition) is 1. The summed E-state index contributed by atoms with van der Waals surface area (Å²) >= 11 is 0. The molecule has 1 unspecified atom stereocenters. The topological polar surface area (TPSA) is 116 Å². The van der Waals surface area contributed by atoms with Gasteiger partial charge in [-0.2, -0.15) is 0 Å². The minimum Gasteiger partial charge on any atom is -0.467 e. The van der Waals surface area contributed by atoms with Crippen LogP contribution in [0.1, 0.15) is 12.8 Å². The predicted octanol–water partition coefficient (Wildman–Crippen LogP) is -0.380. The van der Waals surface area contributed by atoms with Crippen molar-refractivity contribution in [2.45, 2.75) is 25.4 Å². The number of carbonyl (C=O) groups is 3. The molecule has 2 amide bonds. The molecular formula is C12H17N5O5. The second-order valence-electron chi connectivity index (χ2n) is 4.69. The number of methoxy groups -OCH3 is 2. The van der Waals surface area contributed by atoms with E-state index in [2.05, 4.69) is 20.4 Å². The van der Waals surface area contributed by atoms with E-state index in [4.69, 9.17) is 4.74 Å². The zero-order chi connectivity index (χ0) is 16.1. The molecule has 0 aromatic carbocycles. The molecule has 1 aliphatic rings.